The number of para-hydroxylation sites is 1. The second-order valence-corrected chi connectivity index (χ2v) is 7.56. The fourth-order valence-corrected chi connectivity index (χ4v) is 3.99. The number of carbonyl (C=O) groups excluding carboxylic acids is 3. The minimum absolute atomic E-state index is 0.0767. The zero-order chi connectivity index (χ0) is 17.8. The van der Waals surface area contributed by atoms with Gasteiger partial charge in [0.05, 0.1) is 16.7 Å². The van der Waals surface area contributed by atoms with Gasteiger partial charge in [-0.05, 0) is 18.6 Å². The third kappa shape index (κ3) is 4.05. The molecular formula is C16H16N4O3S2. The summed E-state index contributed by atoms with van der Waals surface area (Å²) in [7, 11) is 0. The number of rotatable bonds is 6. The second kappa shape index (κ2) is 7.75. The Morgan fingerprint density at radius 3 is 2.76 bits per heavy atom. The van der Waals surface area contributed by atoms with Crippen molar-refractivity contribution in [3.63, 3.8) is 0 Å². The zero-order valence-corrected chi connectivity index (χ0v) is 15.1. The summed E-state index contributed by atoms with van der Waals surface area (Å²) in [6.45, 7) is 1.96. The summed E-state index contributed by atoms with van der Waals surface area (Å²) in [5, 5.41) is 11.2. The standard InChI is InChI=1S/C16H16N4O3S2/c1-2-13-18-19-16(25-13)17-12(21)9-24-11-8-14(22)20(15(11)23)10-6-4-3-5-7-10/h3-7,11H,2,8-9H2,1H3,(H,17,19,21)/t11-/m0/s1. The van der Waals surface area contributed by atoms with Gasteiger partial charge in [0.2, 0.25) is 22.9 Å². The number of nitrogens with zero attached hydrogens (tertiary/aromatic N) is 3. The van der Waals surface area contributed by atoms with Crippen molar-refractivity contribution in [1.29, 1.82) is 0 Å². The highest BCUT2D eigenvalue weighted by atomic mass is 32.2. The third-order valence-corrected chi connectivity index (χ3v) is 5.73. The van der Waals surface area contributed by atoms with E-state index in [1.165, 1.54) is 28.0 Å². The van der Waals surface area contributed by atoms with Gasteiger partial charge in [0, 0.05) is 6.42 Å². The van der Waals surface area contributed by atoms with E-state index in [0.717, 1.165) is 11.4 Å². The van der Waals surface area contributed by atoms with E-state index in [0.29, 0.717) is 10.8 Å². The molecule has 1 atom stereocenters. The van der Waals surface area contributed by atoms with E-state index in [-0.39, 0.29) is 29.9 Å². The Bertz CT molecular complexity index is 794. The van der Waals surface area contributed by atoms with Gasteiger partial charge < -0.3 is 0 Å². The van der Waals surface area contributed by atoms with Crippen molar-refractivity contribution < 1.29 is 14.4 Å². The van der Waals surface area contributed by atoms with E-state index in [2.05, 4.69) is 15.5 Å². The van der Waals surface area contributed by atoms with E-state index in [4.69, 9.17) is 0 Å². The fourth-order valence-electron chi connectivity index (χ4n) is 2.36. The topological polar surface area (TPSA) is 92.3 Å². The fraction of sp³-hybridized carbons (Fsp3) is 0.312. The molecule has 1 aliphatic heterocycles. The first-order chi connectivity index (χ1) is 12.1. The Hall–Kier alpha value is -2.26. The minimum atomic E-state index is -0.543. The summed E-state index contributed by atoms with van der Waals surface area (Å²) in [5.74, 6) is -0.709. The van der Waals surface area contributed by atoms with Crippen molar-refractivity contribution >= 4 is 51.6 Å². The maximum absolute atomic E-state index is 12.5. The number of hydrogen-bond acceptors (Lipinski definition) is 7. The summed E-state index contributed by atoms with van der Waals surface area (Å²) in [6.07, 6.45) is 0.862. The minimum Gasteiger partial charge on any atom is -0.300 e. The van der Waals surface area contributed by atoms with Crippen LogP contribution in [0.2, 0.25) is 0 Å². The van der Waals surface area contributed by atoms with Gasteiger partial charge in [-0.3, -0.25) is 19.7 Å². The third-order valence-electron chi connectivity index (χ3n) is 3.55. The molecule has 2 heterocycles. The Morgan fingerprint density at radius 2 is 2.08 bits per heavy atom. The number of amides is 3. The number of aryl methyl sites for hydroxylation is 1. The molecule has 9 heteroatoms. The maximum atomic E-state index is 12.5. The molecule has 3 rings (SSSR count). The molecule has 7 nitrogen and oxygen atoms in total. The van der Waals surface area contributed by atoms with Crippen LogP contribution in [-0.4, -0.2) is 38.9 Å². The van der Waals surface area contributed by atoms with E-state index in [1.54, 1.807) is 24.3 Å². The Balaban J connectivity index is 1.56. The summed E-state index contributed by atoms with van der Waals surface area (Å²) in [6, 6.07) is 8.81. The van der Waals surface area contributed by atoms with E-state index in [9.17, 15) is 14.4 Å². The summed E-state index contributed by atoms with van der Waals surface area (Å²) in [4.78, 5) is 37.8. The van der Waals surface area contributed by atoms with Gasteiger partial charge in [-0.25, -0.2) is 4.90 Å². The summed E-state index contributed by atoms with van der Waals surface area (Å²) < 4.78 is 0. The van der Waals surface area contributed by atoms with Gasteiger partial charge in [0.15, 0.2) is 0 Å². The Morgan fingerprint density at radius 1 is 1.32 bits per heavy atom. The highest BCUT2D eigenvalue weighted by molar-refractivity contribution is 8.01. The number of benzene rings is 1. The lowest BCUT2D eigenvalue weighted by Crippen LogP contribution is -2.31. The predicted octanol–water partition coefficient (Wildman–Crippen LogP) is 2.10. The van der Waals surface area contributed by atoms with Crippen molar-refractivity contribution in [2.24, 2.45) is 0 Å². The van der Waals surface area contributed by atoms with Gasteiger partial charge in [-0.2, -0.15) is 0 Å². The normalized spacial score (nSPS) is 17.2. The first-order valence-electron chi connectivity index (χ1n) is 7.74. The zero-order valence-electron chi connectivity index (χ0n) is 13.5. The number of nitrogens with one attached hydrogen (secondary N) is 1. The Kier molecular flexibility index (Phi) is 5.44. The number of anilines is 2. The van der Waals surface area contributed by atoms with Gasteiger partial charge in [0.25, 0.3) is 0 Å². The number of aromatic nitrogens is 2. The SMILES string of the molecule is CCc1nnc(NC(=O)CS[C@H]2CC(=O)N(c3ccccc3)C2=O)s1. The van der Waals surface area contributed by atoms with Crippen molar-refractivity contribution in [3.05, 3.63) is 35.3 Å². The molecule has 2 aromatic rings. The quantitative estimate of drug-likeness (QED) is 0.776. The van der Waals surface area contributed by atoms with Crippen LogP contribution in [0.5, 0.6) is 0 Å². The van der Waals surface area contributed by atoms with E-state index >= 15 is 0 Å². The van der Waals surface area contributed by atoms with Gasteiger partial charge in [0.1, 0.15) is 5.01 Å². The predicted molar refractivity (Wildman–Crippen MR) is 97.7 cm³/mol. The Labute approximate surface area is 152 Å². The second-order valence-electron chi connectivity index (χ2n) is 5.31. The number of imide groups is 1. The van der Waals surface area contributed by atoms with Crippen LogP contribution in [0.15, 0.2) is 30.3 Å². The molecule has 0 spiro atoms. The molecule has 1 aromatic heterocycles. The smallest absolute Gasteiger partial charge is 0.247 e. The average molecular weight is 376 g/mol. The molecule has 130 valence electrons. The van der Waals surface area contributed by atoms with Crippen LogP contribution in [-0.2, 0) is 20.8 Å². The van der Waals surface area contributed by atoms with Gasteiger partial charge in [-0.1, -0.05) is 36.5 Å². The molecule has 0 radical (unpaired) electrons. The first kappa shape index (κ1) is 17.6. The lowest BCUT2D eigenvalue weighted by molar-refractivity contribution is -0.121. The van der Waals surface area contributed by atoms with Crippen molar-refractivity contribution in [3.8, 4) is 0 Å². The van der Waals surface area contributed by atoms with Gasteiger partial charge >= 0.3 is 0 Å². The molecule has 3 amide bonds. The van der Waals surface area contributed by atoms with Crippen LogP contribution in [0.25, 0.3) is 0 Å². The lowest BCUT2D eigenvalue weighted by atomic mass is 10.3. The van der Waals surface area contributed by atoms with Crippen molar-refractivity contribution in [2.75, 3.05) is 16.0 Å². The monoisotopic (exact) mass is 376 g/mol. The molecule has 0 bridgehead atoms. The summed E-state index contributed by atoms with van der Waals surface area (Å²) in [5.41, 5.74) is 0.561. The molecule has 1 N–H and O–H groups in total. The highest BCUT2D eigenvalue weighted by Crippen LogP contribution is 2.29. The van der Waals surface area contributed by atoms with E-state index in [1.807, 2.05) is 13.0 Å². The van der Waals surface area contributed by atoms with Crippen LogP contribution < -0.4 is 10.2 Å². The van der Waals surface area contributed by atoms with Crippen LogP contribution in [0.3, 0.4) is 0 Å². The van der Waals surface area contributed by atoms with Gasteiger partial charge in [-0.15, -0.1) is 22.0 Å². The number of hydrogen-bond donors (Lipinski definition) is 1. The van der Waals surface area contributed by atoms with Crippen molar-refractivity contribution in [1.82, 2.24) is 10.2 Å². The van der Waals surface area contributed by atoms with Crippen LogP contribution in [0, 0.1) is 0 Å². The summed E-state index contributed by atoms with van der Waals surface area (Å²) >= 11 is 2.49. The molecule has 1 saturated heterocycles. The largest absolute Gasteiger partial charge is 0.300 e. The molecule has 1 aliphatic rings. The molecule has 25 heavy (non-hydrogen) atoms. The van der Waals surface area contributed by atoms with E-state index < -0.39 is 5.25 Å². The molecule has 0 aliphatic carbocycles. The molecule has 0 saturated carbocycles. The molecular weight excluding hydrogens is 360 g/mol. The highest BCUT2D eigenvalue weighted by Gasteiger charge is 2.39. The average Bonchev–Trinajstić information content (AvgIpc) is 3.17. The molecule has 1 aromatic carbocycles. The molecule has 1 fully saturated rings. The van der Waals surface area contributed by atoms with Crippen LogP contribution in [0.4, 0.5) is 10.8 Å². The maximum Gasteiger partial charge on any atom is 0.247 e. The lowest BCUT2D eigenvalue weighted by Gasteiger charge is -2.14. The number of carbonyl (C=O) groups is 3. The number of thioether (sulfide) groups is 1. The first-order valence-corrected chi connectivity index (χ1v) is 9.60. The molecule has 0 unspecified atom stereocenters. The van der Waals surface area contributed by atoms with Crippen LogP contribution in [0.1, 0.15) is 18.4 Å². The van der Waals surface area contributed by atoms with Crippen LogP contribution >= 0.6 is 23.1 Å². The van der Waals surface area contributed by atoms with Crippen molar-refractivity contribution in [2.45, 2.75) is 25.0 Å².